The second kappa shape index (κ2) is 10.3. The van der Waals surface area contributed by atoms with E-state index in [2.05, 4.69) is 30.1 Å². The molecule has 1 heterocycles. The number of methoxy groups -OCH3 is 1. The van der Waals surface area contributed by atoms with Crippen LogP contribution in [0.3, 0.4) is 0 Å². The fourth-order valence-corrected chi connectivity index (χ4v) is 4.73. The SMILES string of the molecule is COc1cc([AsH]CCCC(C)N)c2ncccc2c1.Cl.Cl. The van der Waals surface area contributed by atoms with Gasteiger partial charge >= 0.3 is 121 Å². The Balaban J connectivity index is 0.00000200. The van der Waals surface area contributed by atoms with E-state index in [4.69, 9.17) is 10.5 Å². The largest absolute Gasteiger partial charge is 0.147 e. The van der Waals surface area contributed by atoms with Gasteiger partial charge in [0.25, 0.3) is 0 Å². The number of benzene rings is 1. The number of aromatic nitrogens is 1. The van der Waals surface area contributed by atoms with Crippen molar-refractivity contribution in [1.82, 2.24) is 4.98 Å². The van der Waals surface area contributed by atoms with Crippen molar-refractivity contribution >= 4 is 55.8 Å². The summed E-state index contributed by atoms with van der Waals surface area (Å²) in [6, 6.07) is 8.59. The minimum absolute atomic E-state index is 0. The first kappa shape index (κ1) is 20.5. The standard InChI is InChI=1S/C15H21AsN2O.2ClH/c1-11(17)5-3-7-16-14-10-13(19-2)9-12-6-4-8-18-15(12)14;;/h4,6,8-11,16H,3,5,7,17H2,1-2H3;2*1H. The third-order valence-corrected chi connectivity index (χ3v) is 5.93. The number of nitrogens with two attached hydrogens (primary N) is 1. The number of nitrogens with zero attached hydrogens (tertiary/aromatic N) is 1. The number of pyridine rings is 1. The molecule has 0 spiro atoms. The Labute approximate surface area is 145 Å². The average molecular weight is 393 g/mol. The number of ether oxygens (including phenoxy) is 1. The van der Waals surface area contributed by atoms with Gasteiger partial charge in [-0.3, -0.25) is 0 Å². The van der Waals surface area contributed by atoms with Crippen molar-refractivity contribution in [2.45, 2.75) is 31.0 Å². The van der Waals surface area contributed by atoms with Crippen LogP contribution in [-0.2, 0) is 0 Å². The monoisotopic (exact) mass is 392 g/mol. The first-order chi connectivity index (χ1) is 9.20. The Morgan fingerprint density at radius 3 is 2.76 bits per heavy atom. The van der Waals surface area contributed by atoms with Crippen molar-refractivity contribution in [3.63, 3.8) is 0 Å². The molecular formula is C15H23AsCl2N2O. The van der Waals surface area contributed by atoms with Gasteiger partial charge in [0.05, 0.1) is 0 Å². The van der Waals surface area contributed by atoms with Gasteiger partial charge in [-0.05, 0) is 0 Å². The second-order valence-corrected chi connectivity index (χ2v) is 7.72. The van der Waals surface area contributed by atoms with E-state index in [0.29, 0.717) is 6.04 Å². The van der Waals surface area contributed by atoms with Crippen LogP contribution in [0.4, 0.5) is 0 Å². The molecule has 6 heteroatoms. The fourth-order valence-electron chi connectivity index (χ4n) is 2.06. The van der Waals surface area contributed by atoms with E-state index in [9.17, 15) is 0 Å². The minimum Gasteiger partial charge on any atom is -0.147 e. The van der Waals surface area contributed by atoms with Crippen LogP contribution in [0.25, 0.3) is 10.9 Å². The Morgan fingerprint density at radius 1 is 1.33 bits per heavy atom. The van der Waals surface area contributed by atoms with Crippen molar-refractivity contribution in [3.05, 3.63) is 30.5 Å². The van der Waals surface area contributed by atoms with Crippen LogP contribution in [0.5, 0.6) is 5.75 Å². The van der Waals surface area contributed by atoms with Crippen molar-refractivity contribution in [2.24, 2.45) is 5.73 Å². The zero-order valence-corrected chi connectivity index (χ0v) is 16.1. The minimum atomic E-state index is -0.172. The van der Waals surface area contributed by atoms with Gasteiger partial charge in [0.1, 0.15) is 0 Å². The zero-order chi connectivity index (χ0) is 13.7. The van der Waals surface area contributed by atoms with E-state index in [1.165, 1.54) is 21.4 Å². The molecule has 2 unspecified atom stereocenters. The molecule has 21 heavy (non-hydrogen) atoms. The summed E-state index contributed by atoms with van der Waals surface area (Å²) in [5.74, 6) is 0.937. The van der Waals surface area contributed by atoms with Gasteiger partial charge in [0.2, 0.25) is 0 Å². The number of halogens is 2. The quantitative estimate of drug-likeness (QED) is 0.607. The predicted octanol–water partition coefficient (Wildman–Crippen LogP) is 2.69. The van der Waals surface area contributed by atoms with Gasteiger partial charge in [-0.2, -0.15) is 0 Å². The maximum absolute atomic E-state index is 5.79. The molecular weight excluding hydrogens is 370 g/mol. The Hall–Kier alpha value is -0.472. The summed E-state index contributed by atoms with van der Waals surface area (Å²) >= 11 is -0.172. The van der Waals surface area contributed by atoms with E-state index < -0.39 is 0 Å². The molecule has 0 aliphatic heterocycles. The predicted molar refractivity (Wildman–Crippen MR) is 97.3 cm³/mol. The van der Waals surface area contributed by atoms with E-state index in [1.807, 2.05) is 12.3 Å². The summed E-state index contributed by atoms with van der Waals surface area (Å²) in [6.07, 6.45) is 4.19. The smallest absolute Gasteiger partial charge is 0.147 e. The number of rotatable bonds is 6. The third-order valence-electron chi connectivity index (χ3n) is 3.07. The molecule has 2 rings (SSSR count). The molecule has 118 valence electrons. The average Bonchev–Trinajstić information content (AvgIpc) is 2.42. The van der Waals surface area contributed by atoms with Crippen LogP contribution >= 0.6 is 24.8 Å². The van der Waals surface area contributed by atoms with Crippen molar-refractivity contribution < 1.29 is 4.74 Å². The summed E-state index contributed by atoms with van der Waals surface area (Å²) in [5, 5.41) is 2.44. The number of hydrogen-bond acceptors (Lipinski definition) is 3. The van der Waals surface area contributed by atoms with Crippen LogP contribution < -0.4 is 14.8 Å². The topological polar surface area (TPSA) is 48.1 Å². The summed E-state index contributed by atoms with van der Waals surface area (Å²) in [7, 11) is 1.72. The molecule has 2 N–H and O–H groups in total. The Morgan fingerprint density at radius 2 is 2.10 bits per heavy atom. The molecule has 2 aromatic rings. The molecule has 2 atom stereocenters. The molecule has 0 aliphatic rings. The summed E-state index contributed by atoms with van der Waals surface area (Å²) < 4.78 is 6.77. The van der Waals surface area contributed by atoms with Gasteiger partial charge in [-0.1, -0.05) is 0 Å². The maximum atomic E-state index is 5.79. The molecule has 0 fully saturated rings. The Bertz CT molecular complexity index is 552. The van der Waals surface area contributed by atoms with Gasteiger partial charge in [-0.25, -0.2) is 0 Å². The van der Waals surface area contributed by atoms with E-state index in [1.54, 1.807) is 7.11 Å². The van der Waals surface area contributed by atoms with Crippen LogP contribution in [0.15, 0.2) is 30.5 Å². The second-order valence-electron chi connectivity index (χ2n) is 4.80. The van der Waals surface area contributed by atoms with Crippen molar-refractivity contribution in [3.8, 4) is 5.75 Å². The zero-order valence-electron chi connectivity index (χ0n) is 12.3. The molecule has 3 nitrogen and oxygen atoms in total. The Kier molecular flexibility index (Phi) is 10.1. The van der Waals surface area contributed by atoms with E-state index in [0.717, 1.165) is 17.7 Å². The first-order valence-corrected chi connectivity index (χ1v) is 9.16. The van der Waals surface area contributed by atoms with Crippen LogP contribution in [0, 0.1) is 0 Å². The molecule has 1 aromatic heterocycles. The summed E-state index contributed by atoms with van der Waals surface area (Å²) in [6.45, 7) is 2.07. The molecule has 1 aromatic carbocycles. The van der Waals surface area contributed by atoms with Crippen LogP contribution in [0.2, 0.25) is 5.21 Å². The summed E-state index contributed by atoms with van der Waals surface area (Å²) in [5.41, 5.74) is 6.93. The van der Waals surface area contributed by atoms with Gasteiger partial charge in [0.15, 0.2) is 0 Å². The van der Waals surface area contributed by atoms with E-state index in [-0.39, 0.29) is 40.6 Å². The molecule has 0 saturated heterocycles. The van der Waals surface area contributed by atoms with Crippen molar-refractivity contribution in [2.75, 3.05) is 7.11 Å². The molecule has 0 radical (unpaired) electrons. The van der Waals surface area contributed by atoms with Crippen LogP contribution in [0.1, 0.15) is 19.8 Å². The maximum Gasteiger partial charge on any atom is -0.147 e. The third kappa shape index (κ3) is 6.04. The van der Waals surface area contributed by atoms with E-state index >= 15 is 0 Å². The summed E-state index contributed by atoms with van der Waals surface area (Å²) in [4.78, 5) is 4.52. The molecule has 0 saturated carbocycles. The molecule has 0 bridgehead atoms. The van der Waals surface area contributed by atoms with Gasteiger partial charge < -0.3 is 0 Å². The number of hydrogen-bond donors (Lipinski definition) is 1. The molecule has 0 amide bonds. The van der Waals surface area contributed by atoms with Gasteiger partial charge in [0, 0.05) is 0 Å². The van der Waals surface area contributed by atoms with Crippen molar-refractivity contribution in [1.29, 1.82) is 0 Å². The van der Waals surface area contributed by atoms with Crippen LogP contribution in [-0.4, -0.2) is 33.9 Å². The van der Waals surface area contributed by atoms with Gasteiger partial charge in [-0.15, -0.1) is 24.8 Å². The molecule has 0 aliphatic carbocycles. The fraction of sp³-hybridized carbons (Fsp3) is 0.400. The normalized spacial score (nSPS) is 12.0. The number of fused-ring (bicyclic) bond motifs is 1. The first-order valence-electron chi connectivity index (χ1n) is 6.63.